The van der Waals surface area contributed by atoms with Crippen molar-refractivity contribution in [2.24, 2.45) is 0 Å². The van der Waals surface area contributed by atoms with E-state index < -0.39 is 5.97 Å². The molecule has 2 N–H and O–H groups in total. The topological polar surface area (TPSA) is 120 Å². The van der Waals surface area contributed by atoms with E-state index in [9.17, 15) is 9.90 Å². The van der Waals surface area contributed by atoms with E-state index in [0.29, 0.717) is 41.0 Å². The van der Waals surface area contributed by atoms with E-state index in [1.165, 1.54) is 32.7 Å². The number of phenols is 1. The molecule has 27 heavy (non-hydrogen) atoms. The molecule has 0 bridgehead atoms. The van der Waals surface area contributed by atoms with Crippen LogP contribution in [0.4, 0.5) is 5.82 Å². The van der Waals surface area contributed by atoms with Crippen LogP contribution in [0.5, 0.6) is 11.5 Å². The largest absolute Gasteiger partial charge is 0.504 e. The van der Waals surface area contributed by atoms with E-state index in [4.69, 9.17) is 9.15 Å². The fraction of sp³-hybridized carbons (Fsp3) is 0.222. The Hall–Kier alpha value is -3.62. The van der Waals surface area contributed by atoms with E-state index in [1.54, 1.807) is 19.1 Å². The van der Waals surface area contributed by atoms with Crippen molar-refractivity contribution < 1.29 is 23.8 Å². The molecular formula is C18H18N4O5. The number of anilines is 1. The number of phenolic OH excluding ortho intramolecular Hbond substituents is 1. The van der Waals surface area contributed by atoms with E-state index in [0.717, 1.165) is 0 Å². The lowest BCUT2D eigenvalue weighted by atomic mass is 10.2. The van der Waals surface area contributed by atoms with E-state index in [-0.39, 0.29) is 11.4 Å². The Labute approximate surface area is 155 Å². The first-order valence-corrected chi connectivity index (χ1v) is 7.99. The number of carbonyl (C=O) groups is 1. The highest BCUT2D eigenvalue weighted by Crippen LogP contribution is 2.31. The van der Waals surface area contributed by atoms with Crippen LogP contribution in [0.25, 0.3) is 11.5 Å². The van der Waals surface area contributed by atoms with Gasteiger partial charge in [0.2, 0.25) is 5.89 Å². The Kier molecular flexibility index (Phi) is 5.20. The lowest BCUT2D eigenvalue weighted by molar-refractivity contribution is 0.0593. The average molecular weight is 370 g/mol. The Morgan fingerprint density at radius 3 is 2.70 bits per heavy atom. The summed E-state index contributed by atoms with van der Waals surface area (Å²) in [6.45, 7) is 2.15. The molecule has 140 valence electrons. The van der Waals surface area contributed by atoms with Gasteiger partial charge in [0.25, 0.3) is 0 Å². The summed E-state index contributed by atoms with van der Waals surface area (Å²) in [5, 5.41) is 13.0. The number of nitrogens with zero attached hydrogens (tertiary/aromatic N) is 3. The number of aromatic hydroxyl groups is 1. The summed E-state index contributed by atoms with van der Waals surface area (Å²) in [5.41, 5.74) is 1.44. The van der Waals surface area contributed by atoms with Gasteiger partial charge in [-0.15, -0.1) is 0 Å². The molecule has 3 rings (SSSR count). The van der Waals surface area contributed by atoms with Crippen LogP contribution in [0.1, 0.15) is 21.9 Å². The Balaban J connectivity index is 1.71. The second-order valence-electron chi connectivity index (χ2n) is 5.54. The van der Waals surface area contributed by atoms with Gasteiger partial charge in [-0.2, -0.15) is 0 Å². The Bertz CT molecular complexity index is 953. The van der Waals surface area contributed by atoms with Crippen molar-refractivity contribution >= 4 is 11.8 Å². The van der Waals surface area contributed by atoms with Crippen LogP contribution in [0.2, 0.25) is 0 Å². The zero-order valence-electron chi connectivity index (χ0n) is 15.0. The predicted molar refractivity (Wildman–Crippen MR) is 95.6 cm³/mol. The zero-order chi connectivity index (χ0) is 19.4. The number of rotatable bonds is 6. The summed E-state index contributed by atoms with van der Waals surface area (Å²) in [6.07, 6.45) is 2.76. The summed E-state index contributed by atoms with van der Waals surface area (Å²) < 4.78 is 15.3. The van der Waals surface area contributed by atoms with Gasteiger partial charge in [0.05, 0.1) is 33.2 Å². The number of hydrogen-bond acceptors (Lipinski definition) is 9. The molecule has 2 heterocycles. The molecule has 0 atom stereocenters. The minimum Gasteiger partial charge on any atom is -0.504 e. The Morgan fingerprint density at radius 2 is 2.07 bits per heavy atom. The predicted octanol–water partition coefficient (Wildman–Crippen LogP) is 2.55. The second-order valence-corrected chi connectivity index (χ2v) is 5.54. The molecule has 2 aromatic heterocycles. The van der Waals surface area contributed by atoms with E-state index in [2.05, 4.69) is 25.0 Å². The van der Waals surface area contributed by atoms with Crippen LogP contribution in [-0.2, 0) is 11.3 Å². The summed E-state index contributed by atoms with van der Waals surface area (Å²) in [5.74, 6) is 1.33. The van der Waals surface area contributed by atoms with Gasteiger partial charge in [0, 0.05) is 5.56 Å². The number of hydrogen-bond donors (Lipinski definition) is 2. The highest BCUT2D eigenvalue weighted by molar-refractivity contribution is 5.86. The molecule has 9 nitrogen and oxygen atoms in total. The van der Waals surface area contributed by atoms with Crippen molar-refractivity contribution in [3.05, 3.63) is 47.7 Å². The second kappa shape index (κ2) is 7.73. The first-order chi connectivity index (χ1) is 13.0. The SMILES string of the molecule is COC(=O)c1cnc(NCc2nc(-c3ccc(OC)c(O)c3)oc2C)cn1. The third-order valence-electron chi connectivity index (χ3n) is 3.80. The standard InChI is InChI=1S/C18H18N4O5/c1-10-12(7-20-16-9-19-13(8-21-16)18(24)26-3)22-17(27-10)11-4-5-15(25-2)14(23)6-11/h4-6,8-9,23H,7H2,1-3H3,(H,20,21). The number of carbonyl (C=O) groups excluding carboxylic acids is 1. The molecule has 0 spiro atoms. The molecule has 0 fully saturated rings. The van der Waals surface area contributed by atoms with E-state index >= 15 is 0 Å². The van der Waals surface area contributed by atoms with Crippen LogP contribution in [0, 0.1) is 6.92 Å². The molecule has 9 heteroatoms. The van der Waals surface area contributed by atoms with Crippen molar-refractivity contribution in [2.45, 2.75) is 13.5 Å². The number of aromatic nitrogens is 3. The number of methoxy groups -OCH3 is 2. The molecule has 0 amide bonds. The van der Waals surface area contributed by atoms with Crippen molar-refractivity contribution in [3.8, 4) is 23.0 Å². The number of nitrogens with one attached hydrogen (secondary N) is 1. The van der Waals surface area contributed by atoms with Crippen molar-refractivity contribution in [1.29, 1.82) is 0 Å². The normalized spacial score (nSPS) is 10.5. The molecule has 0 aliphatic heterocycles. The molecule has 0 unspecified atom stereocenters. The minimum atomic E-state index is -0.547. The van der Waals surface area contributed by atoms with Gasteiger partial charge in [-0.25, -0.2) is 19.7 Å². The molecule has 0 saturated carbocycles. The minimum absolute atomic E-state index is 0.00602. The number of oxazole rings is 1. The van der Waals surface area contributed by atoms with Crippen molar-refractivity contribution in [2.75, 3.05) is 19.5 Å². The van der Waals surface area contributed by atoms with Gasteiger partial charge in [-0.3, -0.25) is 0 Å². The quantitative estimate of drug-likeness (QED) is 0.631. The summed E-state index contributed by atoms with van der Waals surface area (Å²) in [4.78, 5) is 23.9. The maximum Gasteiger partial charge on any atom is 0.358 e. The smallest absolute Gasteiger partial charge is 0.358 e. The first-order valence-electron chi connectivity index (χ1n) is 7.99. The summed E-state index contributed by atoms with van der Waals surface area (Å²) in [7, 11) is 2.76. The summed E-state index contributed by atoms with van der Waals surface area (Å²) >= 11 is 0. The molecule has 0 aliphatic rings. The number of benzene rings is 1. The maximum atomic E-state index is 11.4. The number of esters is 1. The van der Waals surface area contributed by atoms with Gasteiger partial charge < -0.3 is 24.3 Å². The molecule has 0 aliphatic carbocycles. The van der Waals surface area contributed by atoms with Crippen LogP contribution in [-0.4, -0.2) is 40.2 Å². The van der Waals surface area contributed by atoms with Crippen LogP contribution >= 0.6 is 0 Å². The summed E-state index contributed by atoms with van der Waals surface area (Å²) in [6, 6.07) is 4.91. The molecular weight excluding hydrogens is 352 g/mol. The van der Waals surface area contributed by atoms with Crippen LogP contribution < -0.4 is 10.1 Å². The monoisotopic (exact) mass is 370 g/mol. The van der Waals surface area contributed by atoms with E-state index in [1.807, 2.05) is 0 Å². The van der Waals surface area contributed by atoms with Crippen molar-refractivity contribution in [3.63, 3.8) is 0 Å². The fourth-order valence-electron chi connectivity index (χ4n) is 2.34. The van der Waals surface area contributed by atoms with Gasteiger partial charge in [-0.05, 0) is 25.1 Å². The van der Waals surface area contributed by atoms with Crippen LogP contribution in [0.3, 0.4) is 0 Å². The molecule has 0 saturated heterocycles. The molecule has 3 aromatic rings. The molecule has 0 radical (unpaired) electrons. The number of aryl methyl sites for hydroxylation is 1. The van der Waals surface area contributed by atoms with Crippen LogP contribution in [0.15, 0.2) is 35.0 Å². The van der Waals surface area contributed by atoms with Crippen molar-refractivity contribution in [1.82, 2.24) is 15.0 Å². The lowest BCUT2D eigenvalue weighted by Gasteiger charge is -2.04. The lowest BCUT2D eigenvalue weighted by Crippen LogP contribution is -2.07. The zero-order valence-corrected chi connectivity index (χ0v) is 15.0. The maximum absolute atomic E-state index is 11.4. The third kappa shape index (κ3) is 3.97. The van der Waals surface area contributed by atoms with Gasteiger partial charge in [-0.1, -0.05) is 0 Å². The van der Waals surface area contributed by atoms with Gasteiger partial charge in [0.15, 0.2) is 17.2 Å². The fourth-order valence-corrected chi connectivity index (χ4v) is 2.34. The highest BCUT2D eigenvalue weighted by Gasteiger charge is 2.14. The van der Waals surface area contributed by atoms with Gasteiger partial charge in [0.1, 0.15) is 17.3 Å². The highest BCUT2D eigenvalue weighted by atomic mass is 16.5. The first kappa shape index (κ1) is 18.2. The van der Waals surface area contributed by atoms with Gasteiger partial charge >= 0.3 is 5.97 Å². The number of ether oxygens (including phenoxy) is 2. The average Bonchev–Trinajstić information content (AvgIpc) is 3.06. The molecule has 1 aromatic carbocycles. The third-order valence-corrected chi connectivity index (χ3v) is 3.80. The Morgan fingerprint density at radius 1 is 1.26 bits per heavy atom.